The lowest BCUT2D eigenvalue weighted by Gasteiger charge is -2.28. The van der Waals surface area contributed by atoms with Gasteiger partial charge >= 0.3 is 0 Å². The third-order valence-electron chi connectivity index (χ3n) is 13.9. The van der Waals surface area contributed by atoms with Crippen molar-refractivity contribution in [2.24, 2.45) is 0 Å². The fraction of sp³-hybridized carbons (Fsp3) is 0.0635. The highest BCUT2D eigenvalue weighted by Crippen LogP contribution is 2.49. The summed E-state index contributed by atoms with van der Waals surface area (Å²) in [4.78, 5) is 17.6. The first-order valence-corrected chi connectivity index (χ1v) is 23.6. The van der Waals surface area contributed by atoms with Crippen LogP contribution < -0.4 is 4.90 Å². The number of hydrogen-bond acceptors (Lipinski definition) is 4. The van der Waals surface area contributed by atoms with Crippen molar-refractivity contribution in [2.45, 2.75) is 24.8 Å². The van der Waals surface area contributed by atoms with E-state index < -0.39 is 0 Å². The van der Waals surface area contributed by atoms with E-state index in [4.69, 9.17) is 15.0 Å². The summed E-state index contributed by atoms with van der Waals surface area (Å²) >= 11 is 0. The zero-order valence-corrected chi connectivity index (χ0v) is 37.3. The molecule has 10 aromatic rings. The molecule has 0 saturated carbocycles. The minimum Gasteiger partial charge on any atom is -0.333 e. The van der Waals surface area contributed by atoms with E-state index in [0.717, 1.165) is 35.2 Å². The van der Waals surface area contributed by atoms with E-state index in [2.05, 4.69) is 210 Å². The lowest BCUT2D eigenvalue weighted by Crippen LogP contribution is -2.28. The Hall–Kier alpha value is -8.67. The molecule has 0 fully saturated rings. The second-order valence-electron chi connectivity index (χ2n) is 17.9. The molecule has 3 aliphatic rings. The molecule has 5 heteroatoms. The Morgan fingerprint density at radius 2 is 0.971 bits per heavy atom. The summed E-state index contributed by atoms with van der Waals surface area (Å²) in [6.45, 7) is 0. The van der Waals surface area contributed by atoms with Gasteiger partial charge in [-0.05, 0) is 94.3 Å². The topological polar surface area (TPSA) is 46.8 Å². The molecule has 2 aliphatic carbocycles. The summed E-state index contributed by atoms with van der Waals surface area (Å²) in [6.07, 6.45) is 15.7. The van der Waals surface area contributed by atoms with E-state index in [1.165, 1.54) is 72.5 Å². The first-order valence-electron chi connectivity index (χ1n) is 23.6. The van der Waals surface area contributed by atoms with Gasteiger partial charge in [-0.15, -0.1) is 0 Å². The number of allylic oxidation sites excluding steroid dienone is 3. The van der Waals surface area contributed by atoms with Gasteiger partial charge in [-0.25, -0.2) is 15.0 Å². The van der Waals surface area contributed by atoms with Crippen molar-refractivity contribution in [3.8, 4) is 73.2 Å². The number of hydrogen-bond donors (Lipinski definition) is 0. The van der Waals surface area contributed by atoms with Crippen LogP contribution >= 0.6 is 0 Å². The van der Waals surface area contributed by atoms with E-state index >= 15 is 0 Å². The number of rotatable bonds is 8. The normalized spacial score (nSPS) is 15.6. The molecule has 0 saturated heterocycles. The Bertz CT molecular complexity index is 3550. The number of nitrogens with zero attached hydrogens (tertiary/aromatic N) is 5. The van der Waals surface area contributed by atoms with E-state index in [9.17, 15) is 0 Å². The Labute approximate surface area is 396 Å². The molecule has 322 valence electrons. The monoisotopic (exact) mass is 871 g/mol. The van der Waals surface area contributed by atoms with Gasteiger partial charge in [0, 0.05) is 56.3 Å². The predicted molar refractivity (Wildman–Crippen MR) is 280 cm³/mol. The lowest BCUT2D eigenvalue weighted by molar-refractivity contribution is 0.745. The van der Waals surface area contributed by atoms with Crippen LogP contribution in [0.2, 0.25) is 0 Å². The zero-order chi connectivity index (χ0) is 45.0. The van der Waals surface area contributed by atoms with Gasteiger partial charge in [0.05, 0.1) is 11.6 Å². The summed E-state index contributed by atoms with van der Waals surface area (Å²) in [6, 6.07) is 71.9. The largest absolute Gasteiger partial charge is 0.333 e. The maximum absolute atomic E-state index is 5.08. The summed E-state index contributed by atoms with van der Waals surface area (Å²) in [7, 11) is 0. The molecule has 2 aromatic heterocycles. The van der Waals surface area contributed by atoms with Gasteiger partial charge in [0.2, 0.25) is 0 Å². The molecule has 2 unspecified atom stereocenters. The molecule has 8 aromatic carbocycles. The summed E-state index contributed by atoms with van der Waals surface area (Å²) in [5, 5.41) is 1.26. The molecule has 0 N–H and O–H groups in total. The molecular weight excluding hydrogens is 827 g/mol. The summed E-state index contributed by atoms with van der Waals surface area (Å²) < 4.78 is 2.47. The minimum absolute atomic E-state index is 0.198. The summed E-state index contributed by atoms with van der Waals surface area (Å²) in [5.41, 5.74) is 18.8. The van der Waals surface area contributed by atoms with Crippen LogP contribution in [0.5, 0.6) is 0 Å². The van der Waals surface area contributed by atoms with E-state index in [0.29, 0.717) is 17.5 Å². The van der Waals surface area contributed by atoms with Crippen LogP contribution in [0, 0.1) is 0 Å². The van der Waals surface area contributed by atoms with Crippen LogP contribution in [0.4, 0.5) is 11.4 Å². The Kier molecular flexibility index (Phi) is 9.71. The maximum atomic E-state index is 5.08. The van der Waals surface area contributed by atoms with Crippen LogP contribution in [0.15, 0.2) is 231 Å². The van der Waals surface area contributed by atoms with Gasteiger partial charge in [-0.2, -0.15) is 0 Å². The van der Waals surface area contributed by atoms with E-state index in [-0.39, 0.29) is 12.0 Å². The molecule has 2 atom stereocenters. The van der Waals surface area contributed by atoms with Crippen LogP contribution in [0.25, 0.3) is 90.2 Å². The number of aromatic nitrogens is 4. The molecule has 68 heavy (non-hydrogen) atoms. The van der Waals surface area contributed by atoms with Crippen LogP contribution in [-0.4, -0.2) is 25.6 Å². The average molecular weight is 872 g/mol. The SMILES string of the molecule is C1=CC2c3cc(-c4ccc5c6c(n(-c7cccc(-c8nc(-c9ccccc9)nc(-c9ccccc9)n8)c7)c5c4)CCC=C6)ccc3N(c3ccc(-c4ccc(-c5ccccc5)cc4)cc3)C2C=C1. The van der Waals surface area contributed by atoms with Crippen LogP contribution in [0.3, 0.4) is 0 Å². The van der Waals surface area contributed by atoms with Crippen molar-refractivity contribution >= 4 is 28.4 Å². The second-order valence-corrected chi connectivity index (χ2v) is 17.9. The molecule has 1 aliphatic heterocycles. The van der Waals surface area contributed by atoms with Crippen molar-refractivity contribution in [3.63, 3.8) is 0 Å². The van der Waals surface area contributed by atoms with E-state index in [1.807, 2.05) is 36.4 Å². The van der Waals surface area contributed by atoms with Gasteiger partial charge in [0.1, 0.15) is 0 Å². The summed E-state index contributed by atoms with van der Waals surface area (Å²) in [5.74, 6) is 2.20. The highest BCUT2D eigenvalue weighted by atomic mass is 15.2. The Morgan fingerprint density at radius 1 is 0.426 bits per heavy atom. The smallest absolute Gasteiger partial charge is 0.164 e. The molecule has 0 spiro atoms. The average Bonchev–Trinajstić information content (AvgIpc) is 3.94. The van der Waals surface area contributed by atoms with Gasteiger partial charge in [-0.3, -0.25) is 0 Å². The van der Waals surface area contributed by atoms with Crippen molar-refractivity contribution in [2.75, 3.05) is 4.90 Å². The standard InChI is InChI=1S/C63H45N5/c1-4-15-42(16-5-1)43-27-29-44(30-28-43)45-31-35-51(36-32-45)67-58-26-13-11-24-54(58)56-40-48(34-38-59(56)67)49-33-37-55-53-23-10-12-25-57(53)68(60(55)41-49)52-22-14-21-50(39-52)63-65-61(46-17-6-2-7-18-46)64-62(66-63)47-19-8-3-9-20-47/h1-11,13-24,26-41,54,58H,12,25H2. The molecular formula is C63H45N5. The van der Waals surface area contributed by atoms with Crippen molar-refractivity contribution in [1.82, 2.24) is 19.5 Å². The molecule has 5 nitrogen and oxygen atoms in total. The third kappa shape index (κ3) is 6.99. The quantitative estimate of drug-likeness (QED) is 0.153. The Morgan fingerprint density at radius 3 is 1.65 bits per heavy atom. The first kappa shape index (κ1) is 39.7. The van der Waals surface area contributed by atoms with Crippen LogP contribution in [-0.2, 0) is 6.42 Å². The number of benzene rings is 8. The number of anilines is 2. The van der Waals surface area contributed by atoms with E-state index in [1.54, 1.807) is 0 Å². The van der Waals surface area contributed by atoms with Crippen molar-refractivity contribution in [1.29, 1.82) is 0 Å². The predicted octanol–water partition coefficient (Wildman–Crippen LogP) is 15.5. The maximum Gasteiger partial charge on any atom is 0.164 e. The second kappa shape index (κ2) is 16.6. The fourth-order valence-corrected chi connectivity index (χ4v) is 10.5. The lowest BCUT2D eigenvalue weighted by atomic mass is 9.89. The minimum atomic E-state index is 0.198. The highest BCUT2D eigenvalue weighted by Gasteiger charge is 2.37. The van der Waals surface area contributed by atoms with Crippen LogP contribution in [0.1, 0.15) is 29.2 Å². The molecule has 0 radical (unpaired) electrons. The van der Waals surface area contributed by atoms with Gasteiger partial charge in [0.25, 0.3) is 0 Å². The molecule has 0 bridgehead atoms. The molecule has 3 heterocycles. The first-order chi connectivity index (χ1) is 33.7. The highest BCUT2D eigenvalue weighted by molar-refractivity contribution is 5.96. The number of fused-ring (bicyclic) bond motifs is 6. The van der Waals surface area contributed by atoms with Gasteiger partial charge in [-0.1, -0.05) is 194 Å². The zero-order valence-electron chi connectivity index (χ0n) is 37.3. The third-order valence-corrected chi connectivity index (χ3v) is 13.9. The van der Waals surface area contributed by atoms with Crippen molar-refractivity contribution in [3.05, 3.63) is 247 Å². The molecule has 13 rings (SSSR count). The fourth-order valence-electron chi connectivity index (χ4n) is 10.5. The Balaban J connectivity index is 0.862. The van der Waals surface area contributed by atoms with Crippen molar-refractivity contribution < 1.29 is 0 Å². The van der Waals surface area contributed by atoms with Gasteiger partial charge in [0.15, 0.2) is 17.5 Å². The van der Waals surface area contributed by atoms with Gasteiger partial charge < -0.3 is 9.47 Å². The molecule has 0 amide bonds.